The predicted octanol–water partition coefficient (Wildman–Crippen LogP) is 16.6. The van der Waals surface area contributed by atoms with E-state index in [1.165, 1.54) is 43.1 Å². The summed E-state index contributed by atoms with van der Waals surface area (Å²) in [4.78, 5) is 43.0. The molecule has 7 heterocycles. The van der Waals surface area contributed by atoms with Crippen molar-refractivity contribution >= 4 is 74.8 Å². The van der Waals surface area contributed by atoms with Gasteiger partial charge in [-0.25, -0.2) is 4.79 Å². The van der Waals surface area contributed by atoms with E-state index in [2.05, 4.69) is 158 Å². The molecule has 4 unspecified atom stereocenters. The Morgan fingerprint density at radius 1 is 0.818 bits per heavy atom. The Morgan fingerprint density at radius 2 is 1.43 bits per heavy atom. The van der Waals surface area contributed by atoms with Crippen LogP contribution in [0.2, 0.25) is 0 Å². The smallest absolute Gasteiger partial charge is 0.753 e. The molecule has 0 spiro atoms. The van der Waals surface area contributed by atoms with Gasteiger partial charge < -0.3 is 31.2 Å². The molecule has 0 amide bonds. The molecule has 0 saturated heterocycles. The number of pyridine rings is 2. The molecule has 0 aliphatic carbocycles. The van der Waals surface area contributed by atoms with Gasteiger partial charge in [-0.05, 0) is 124 Å². The number of hydrogen-bond acceptors (Lipinski definition) is 9. The van der Waals surface area contributed by atoms with Crippen molar-refractivity contribution in [3.8, 4) is 20.9 Å². The number of aliphatic imine (C=N–C) groups is 1. The summed E-state index contributed by atoms with van der Waals surface area (Å²) < 4.78 is 39.9. The number of thiophene rings is 2. The molecule has 2 N–H and O–H groups in total. The number of carboxylic acids is 2. The zero-order valence-electron chi connectivity index (χ0n) is 43.8. The van der Waals surface area contributed by atoms with Crippen LogP contribution in [-0.4, -0.2) is 55.2 Å². The maximum absolute atomic E-state index is 13.3. The number of alkyl halides is 3. The summed E-state index contributed by atoms with van der Waals surface area (Å²) >= 11 is 7.13. The van der Waals surface area contributed by atoms with Crippen molar-refractivity contribution in [2.45, 2.75) is 97.8 Å². The number of halogens is 3. The fourth-order valence-corrected chi connectivity index (χ4v) is 10.6. The molecule has 0 saturated carbocycles. The SMILES string of the molecule is CC1C(C(F)(F)F)=C[N-]C1c1ccc(N(c2ccc(C(C)(C)C)cc2)c2ccc(C(C)(C)C)cc2)cn1.Cc1ccc(-c2cc(-c3ccnc(C4=NC(C5=CC(C(=O)O)=CC(C)[N-]5)=CC(C(=O)O)C4)c3)cs2)s1.[N-]=C=S.[Ru+3]. The third-order valence-corrected chi connectivity index (χ3v) is 15.0. The maximum atomic E-state index is 13.3. The topological polar surface area (TPSA) is 166 Å². The first kappa shape index (κ1) is 59.6. The van der Waals surface area contributed by atoms with Crippen LogP contribution in [-0.2, 0) is 39.9 Å². The molecule has 9 rings (SSSR count). The van der Waals surface area contributed by atoms with E-state index in [-0.39, 0.29) is 48.3 Å². The molecule has 77 heavy (non-hydrogen) atoms. The molecule has 6 aromatic rings. The van der Waals surface area contributed by atoms with Crippen molar-refractivity contribution in [1.82, 2.24) is 9.97 Å². The summed E-state index contributed by atoms with van der Waals surface area (Å²) in [5.74, 6) is -3.64. The van der Waals surface area contributed by atoms with Crippen LogP contribution in [0.3, 0.4) is 0 Å². The number of aromatic nitrogens is 2. The normalized spacial score (nSPS) is 18.1. The number of aliphatic carboxylic acids is 2. The van der Waals surface area contributed by atoms with E-state index < -0.39 is 41.6 Å². The number of isothiocyanates is 1. The fourth-order valence-electron chi connectivity index (χ4n) is 8.74. The van der Waals surface area contributed by atoms with E-state index in [4.69, 9.17) is 10.4 Å². The van der Waals surface area contributed by atoms with Gasteiger partial charge in [0.25, 0.3) is 0 Å². The first-order valence-electron chi connectivity index (χ1n) is 24.3. The Balaban J connectivity index is 0.000000235. The van der Waals surface area contributed by atoms with E-state index >= 15 is 0 Å². The van der Waals surface area contributed by atoms with Gasteiger partial charge >= 0.3 is 37.6 Å². The van der Waals surface area contributed by atoms with E-state index in [0.717, 1.165) is 34.4 Å². The predicted molar refractivity (Wildman–Crippen MR) is 304 cm³/mol. The monoisotopic (exact) mass is 1180 g/mol. The molecule has 0 fully saturated rings. The van der Waals surface area contributed by atoms with Crippen molar-refractivity contribution in [2.75, 3.05) is 4.90 Å². The number of hydrogen-bond donors (Lipinski definition) is 2. The van der Waals surface area contributed by atoms with Crippen molar-refractivity contribution in [3.05, 3.63) is 199 Å². The van der Waals surface area contributed by atoms with E-state index in [0.29, 0.717) is 28.5 Å². The quantitative estimate of drug-likeness (QED) is 0.0777. The number of rotatable bonds is 10. The second kappa shape index (κ2) is 24.8. The Hall–Kier alpha value is -6.68. The zero-order chi connectivity index (χ0) is 55.3. The first-order chi connectivity index (χ1) is 35.8. The van der Waals surface area contributed by atoms with Crippen molar-refractivity contribution in [2.24, 2.45) is 16.8 Å². The van der Waals surface area contributed by atoms with Crippen LogP contribution in [0.1, 0.15) is 95.2 Å². The van der Waals surface area contributed by atoms with Crippen LogP contribution in [0.15, 0.2) is 161 Å². The molecule has 3 aliphatic heterocycles. The minimum absolute atomic E-state index is 0. The summed E-state index contributed by atoms with van der Waals surface area (Å²) in [6.45, 7) is 18.5. The van der Waals surface area contributed by atoms with E-state index in [1.807, 2.05) is 18.2 Å². The van der Waals surface area contributed by atoms with Gasteiger partial charge in [-0.1, -0.05) is 110 Å². The van der Waals surface area contributed by atoms with Gasteiger partial charge in [-0.15, -0.1) is 34.4 Å². The van der Waals surface area contributed by atoms with Gasteiger partial charge in [-0.2, -0.15) is 24.5 Å². The summed E-state index contributed by atoms with van der Waals surface area (Å²) in [7, 11) is 0. The number of thiocarbonyl (C=S) groups is 1. The molecule has 4 atom stereocenters. The van der Waals surface area contributed by atoms with Gasteiger partial charge in [-0.3, -0.25) is 19.8 Å². The van der Waals surface area contributed by atoms with Gasteiger partial charge in [0.15, 0.2) is 0 Å². The van der Waals surface area contributed by atoms with Crippen molar-refractivity contribution in [3.63, 3.8) is 0 Å². The largest absolute Gasteiger partial charge is 3.00 e. The number of nitrogens with zero attached hydrogens (tertiary/aromatic N) is 7. The third-order valence-electron chi connectivity index (χ3n) is 12.9. The van der Waals surface area contributed by atoms with Crippen LogP contribution in [0.25, 0.3) is 36.9 Å². The minimum Gasteiger partial charge on any atom is -0.753 e. The Bertz CT molecular complexity index is 3230. The standard InChI is InChI=1S/C31H35F3N3.C27H22N3O4S2.CNS.Ru/c1-20-26(31(32,33)34)19-36-28(20)27-17-16-25(18-35-27)37(23-12-8-21(9-13-23)29(2,3)4)24-14-10-22(11-15-24)30(5,6)7;1-14-7-17(26(31)32)9-22(29-14)23-11-18(27(33)34)10-21(30-23)20-8-16(5-6-28-20)19-12-25(35-13-19)24-4-3-15(2)36-24;2-1-3;/h8-20,28H,1-7H3;3-9,11-14,18H,10H2,1-2H3,(H,31,32)(H,33,34);;/q3*-1;+3. The van der Waals surface area contributed by atoms with Gasteiger partial charge in [0.1, 0.15) is 0 Å². The molecule has 1 radical (unpaired) electrons. The molecule has 11 nitrogen and oxygen atoms in total. The number of aryl methyl sites for hydroxylation is 1. The Kier molecular flexibility index (Phi) is 19.2. The summed E-state index contributed by atoms with van der Waals surface area (Å²) in [5, 5.41) is 38.4. The average Bonchev–Trinajstić information content (AvgIpc) is 4.15. The molecular formula is C59H57F3N7O4RuS3. The summed E-state index contributed by atoms with van der Waals surface area (Å²) in [6, 6.07) is 29.9. The van der Waals surface area contributed by atoms with Crippen LogP contribution in [0.5, 0.6) is 0 Å². The number of anilines is 3. The van der Waals surface area contributed by atoms with Crippen molar-refractivity contribution in [1.29, 1.82) is 0 Å². The Morgan fingerprint density at radius 3 is 1.94 bits per heavy atom. The van der Waals surface area contributed by atoms with Gasteiger partial charge in [0, 0.05) is 55.6 Å². The second-order valence-corrected chi connectivity index (χ2v) is 22.9. The number of benzene rings is 2. The van der Waals surface area contributed by atoms with E-state index in [9.17, 15) is 33.0 Å². The molecule has 2 aromatic carbocycles. The van der Waals surface area contributed by atoms with Gasteiger partial charge in [0.2, 0.25) is 0 Å². The summed E-state index contributed by atoms with van der Waals surface area (Å²) in [5.41, 5.74) is 9.18. The zero-order valence-corrected chi connectivity index (χ0v) is 48.0. The molecule has 0 bridgehead atoms. The first-order valence-corrected chi connectivity index (χ1v) is 26.4. The Labute approximate surface area is 473 Å². The molecule has 18 heteroatoms. The fraction of sp³-hybridized carbons (Fsp3) is 0.288. The van der Waals surface area contributed by atoms with Crippen LogP contribution >= 0.6 is 34.9 Å². The molecule has 3 aliphatic rings. The molecule has 4 aromatic heterocycles. The minimum atomic E-state index is -4.38. The van der Waals surface area contributed by atoms with Crippen LogP contribution in [0, 0.1) is 18.8 Å². The summed E-state index contributed by atoms with van der Waals surface area (Å²) in [6.07, 6.45) is 4.69. The second-order valence-electron chi connectivity index (χ2n) is 20.6. The third kappa shape index (κ3) is 14.7. The van der Waals surface area contributed by atoms with E-state index in [1.54, 1.807) is 61.1 Å². The number of carboxylic acid groups (broad SMARTS) is 2. The van der Waals surface area contributed by atoms with Gasteiger partial charge in [0.05, 0.1) is 34.8 Å². The average molecular weight is 1180 g/mol. The number of carbonyl (C=O) groups is 2. The molecule has 399 valence electrons. The van der Waals surface area contributed by atoms with Crippen LogP contribution < -0.4 is 4.90 Å². The molecular weight excluding hydrogens is 1120 g/mol. The van der Waals surface area contributed by atoms with Crippen molar-refractivity contribution < 1.29 is 52.5 Å². The maximum Gasteiger partial charge on any atom is 3.00 e. The van der Waals surface area contributed by atoms with Crippen LogP contribution in [0.4, 0.5) is 30.2 Å².